The zero-order chi connectivity index (χ0) is 13.8. The fourth-order valence-electron chi connectivity index (χ4n) is 1.95. The van der Waals surface area contributed by atoms with Gasteiger partial charge in [0, 0.05) is 17.6 Å². The van der Waals surface area contributed by atoms with Crippen molar-refractivity contribution in [2.75, 3.05) is 0 Å². The predicted octanol–water partition coefficient (Wildman–Crippen LogP) is 5.04. The normalized spacial score (nSPS) is 10.8. The minimum Gasteiger partial charge on any atom is -0.438 e. The summed E-state index contributed by atoms with van der Waals surface area (Å²) >= 11 is 5.80. The Labute approximate surface area is 119 Å². The largest absolute Gasteiger partial charge is 0.438 e. The number of halogens is 1. The van der Waals surface area contributed by atoms with Gasteiger partial charge in [-0.25, -0.2) is 4.98 Å². The second kappa shape index (κ2) is 6.07. The molecule has 0 aliphatic rings. The van der Waals surface area contributed by atoms with Crippen LogP contribution in [0.25, 0.3) is 0 Å². The number of hydrogen-bond acceptors (Lipinski definition) is 2. The van der Waals surface area contributed by atoms with E-state index in [1.165, 1.54) is 5.56 Å². The highest BCUT2D eigenvalue weighted by Crippen LogP contribution is 2.30. The third-order valence-electron chi connectivity index (χ3n) is 2.99. The molecule has 2 aromatic rings. The van der Waals surface area contributed by atoms with E-state index in [-0.39, 0.29) is 0 Å². The molecule has 0 atom stereocenters. The van der Waals surface area contributed by atoms with E-state index in [2.05, 4.69) is 24.9 Å². The Balaban J connectivity index is 2.31. The fraction of sp³-hybridized carbons (Fsp3) is 0.312. The van der Waals surface area contributed by atoms with Gasteiger partial charge in [-0.2, -0.15) is 0 Å². The van der Waals surface area contributed by atoms with Gasteiger partial charge in [0.05, 0.1) is 0 Å². The number of hydrogen-bond donors (Lipinski definition) is 0. The first-order valence-corrected chi connectivity index (χ1v) is 6.93. The van der Waals surface area contributed by atoms with Gasteiger partial charge in [0.1, 0.15) is 5.75 Å². The van der Waals surface area contributed by atoms with E-state index in [4.69, 9.17) is 16.3 Å². The first kappa shape index (κ1) is 13.9. The van der Waals surface area contributed by atoms with E-state index in [0.717, 1.165) is 16.9 Å². The summed E-state index contributed by atoms with van der Waals surface area (Å²) in [5.41, 5.74) is 3.19. The lowest BCUT2D eigenvalue weighted by Gasteiger charge is -2.14. The van der Waals surface area contributed by atoms with E-state index in [1.807, 2.05) is 31.2 Å². The van der Waals surface area contributed by atoms with Crippen LogP contribution in [0, 0.1) is 6.92 Å². The summed E-state index contributed by atoms with van der Waals surface area (Å²) < 4.78 is 5.95. The number of benzene rings is 1. The lowest BCUT2D eigenvalue weighted by Crippen LogP contribution is -1.97. The summed E-state index contributed by atoms with van der Waals surface area (Å²) in [6, 6.07) is 10.1. The maximum Gasteiger partial charge on any atom is 0.222 e. The van der Waals surface area contributed by atoms with Crippen molar-refractivity contribution >= 4 is 11.6 Å². The number of aromatic nitrogens is 1. The molecular formula is C16H18ClNO. The van der Waals surface area contributed by atoms with E-state index >= 15 is 0 Å². The molecule has 3 heteroatoms. The molecule has 2 nitrogen and oxygen atoms in total. The molecule has 0 saturated heterocycles. The van der Waals surface area contributed by atoms with Crippen molar-refractivity contribution < 1.29 is 4.74 Å². The number of rotatable bonds is 4. The molecule has 0 bridgehead atoms. The van der Waals surface area contributed by atoms with Crippen molar-refractivity contribution in [3.05, 3.63) is 53.2 Å². The van der Waals surface area contributed by atoms with Gasteiger partial charge in [0.2, 0.25) is 5.88 Å². The van der Waals surface area contributed by atoms with E-state index < -0.39 is 0 Å². The van der Waals surface area contributed by atoms with Gasteiger partial charge < -0.3 is 4.74 Å². The maximum absolute atomic E-state index is 5.95. The summed E-state index contributed by atoms with van der Waals surface area (Å²) in [5.74, 6) is 2.39. The predicted molar refractivity (Wildman–Crippen MR) is 79.1 cm³/mol. The highest BCUT2D eigenvalue weighted by Gasteiger charge is 2.10. The second-order valence-corrected chi connectivity index (χ2v) is 5.16. The molecule has 0 spiro atoms. The number of alkyl halides is 1. The van der Waals surface area contributed by atoms with Gasteiger partial charge in [-0.05, 0) is 36.1 Å². The molecule has 1 aromatic carbocycles. The zero-order valence-electron chi connectivity index (χ0n) is 11.5. The van der Waals surface area contributed by atoms with Crippen LogP contribution in [-0.2, 0) is 5.88 Å². The molecule has 0 aliphatic carbocycles. The van der Waals surface area contributed by atoms with Crippen LogP contribution in [0.1, 0.15) is 36.5 Å². The molecule has 0 fully saturated rings. The van der Waals surface area contributed by atoms with Crippen molar-refractivity contribution in [1.29, 1.82) is 0 Å². The average molecular weight is 276 g/mol. The number of para-hydroxylation sites is 1. The fourth-order valence-corrected chi connectivity index (χ4v) is 2.10. The minimum atomic E-state index is 0.415. The van der Waals surface area contributed by atoms with E-state index in [9.17, 15) is 0 Å². The van der Waals surface area contributed by atoms with Crippen LogP contribution >= 0.6 is 11.6 Å². The first-order chi connectivity index (χ1) is 9.11. The van der Waals surface area contributed by atoms with Crippen molar-refractivity contribution in [3.8, 4) is 11.6 Å². The Kier molecular flexibility index (Phi) is 4.43. The number of pyridine rings is 1. The lowest BCUT2D eigenvalue weighted by atomic mass is 10.0. The molecule has 0 radical (unpaired) electrons. The molecule has 0 amide bonds. The van der Waals surface area contributed by atoms with Crippen LogP contribution in [0.4, 0.5) is 0 Å². The number of nitrogens with zero attached hydrogens (tertiary/aromatic N) is 1. The van der Waals surface area contributed by atoms with Crippen LogP contribution in [0.5, 0.6) is 11.6 Å². The zero-order valence-corrected chi connectivity index (χ0v) is 12.2. The molecule has 0 aliphatic heterocycles. The van der Waals surface area contributed by atoms with Crippen molar-refractivity contribution in [2.45, 2.75) is 32.6 Å². The van der Waals surface area contributed by atoms with Crippen LogP contribution in [-0.4, -0.2) is 4.98 Å². The average Bonchev–Trinajstić information content (AvgIpc) is 2.41. The van der Waals surface area contributed by atoms with Crippen molar-refractivity contribution in [1.82, 2.24) is 4.98 Å². The standard InChI is InChI=1S/C16H18ClNO/c1-11(2)14-6-4-5-7-15(14)19-16-12(3)8-13(9-17)10-18-16/h4-8,10-11H,9H2,1-3H3. The molecule has 0 N–H and O–H groups in total. The van der Waals surface area contributed by atoms with Gasteiger partial charge in [0.15, 0.2) is 0 Å². The Morgan fingerprint density at radius 1 is 1.26 bits per heavy atom. The minimum absolute atomic E-state index is 0.415. The SMILES string of the molecule is Cc1cc(CCl)cnc1Oc1ccccc1C(C)C. The van der Waals surface area contributed by atoms with Crippen LogP contribution in [0.2, 0.25) is 0 Å². The summed E-state index contributed by atoms with van der Waals surface area (Å²) in [6.45, 7) is 6.29. The summed E-state index contributed by atoms with van der Waals surface area (Å²) in [6.07, 6.45) is 1.76. The maximum atomic E-state index is 5.95. The molecule has 1 aromatic heterocycles. The van der Waals surface area contributed by atoms with E-state index in [0.29, 0.717) is 17.7 Å². The highest BCUT2D eigenvalue weighted by atomic mass is 35.5. The van der Waals surface area contributed by atoms with Gasteiger partial charge in [0.25, 0.3) is 0 Å². The van der Waals surface area contributed by atoms with Crippen molar-refractivity contribution in [2.24, 2.45) is 0 Å². The Hall–Kier alpha value is -1.54. The van der Waals surface area contributed by atoms with Crippen LogP contribution in [0.3, 0.4) is 0 Å². The summed E-state index contributed by atoms with van der Waals surface area (Å²) in [4.78, 5) is 4.34. The molecule has 100 valence electrons. The number of ether oxygens (including phenoxy) is 1. The molecule has 2 rings (SSSR count). The molecule has 0 unspecified atom stereocenters. The first-order valence-electron chi connectivity index (χ1n) is 6.40. The van der Waals surface area contributed by atoms with Gasteiger partial charge >= 0.3 is 0 Å². The van der Waals surface area contributed by atoms with Gasteiger partial charge in [-0.15, -0.1) is 11.6 Å². The van der Waals surface area contributed by atoms with E-state index in [1.54, 1.807) is 6.20 Å². The Morgan fingerprint density at radius 3 is 2.63 bits per heavy atom. The smallest absolute Gasteiger partial charge is 0.222 e. The van der Waals surface area contributed by atoms with Crippen LogP contribution in [0.15, 0.2) is 36.5 Å². The molecule has 1 heterocycles. The molecule has 0 saturated carbocycles. The lowest BCUT2D eigenvalue weighted by molar-refractivity contribution is 0.450. The van der Waals surface area contributed by atoms with Gasteiger partial charge in [-0.3, -0.25) is 0 Å². The van der Waals surface area contributed by atoms with Crippen molar-refractivity contribution in [3.63, 3.8) is 0 Å². The summed E-state index contributed by atoms with van der Waals surface area (Å²) in [7, 11) is 0. The van der Waals surface area contributed by atoms with Crippen LogP contribution < -0.4 is 4.74 Å². The Bertz CT molecular complexity index is 566. The van der Waals surface area contributed by atoms with Gasteiger partial charge in [-0.1, -0.05) is 32.0 Å². The third-order valence-corrected chi connectivity index (χ3v) is 3.30. The quantitative estimate of drug-likeness (QED) is 0.729. The summed E-state index contributed by atoms with van der Waals surface area (Å²) in [5, 5.41) is 0. The monoisotopic (exact) mass is 275 g/mol. The molecular weight excluding hydrogens is 258 g/mol. The number of aryl methyl sites for hydroxylation is 1. The Morgan fingerprint density at radius 2 is 2.00 bits per heavy atom. The highest BCUT2D eigenvalue weighted by molar-refractivity contribution is 6.17. The molecule has 19 heavy (non-hydrogen) atoms. The second-order valence-electron chi connectivity index (χ2n) is 4.89. The topological polar surface area (TPSA) is 22.1 Å². The third kappa shape index (κ3) is 3.27.